The number of likely N-dealkylation sites (tertiary alicyclic amines) is 1. The van der Waals surface area contributed by atoms with Gasteiger partial charge in [-0.3, -0.25) is 9.69 Å². The van der Waals surface area contributed by atoms with Crippen LogP contribution in [-0.2, 0) is 11.3 Å². The number of carbonyl (C=O) groups excluding carboxylic acids is 1. The fourth-order valence-corrected chi connectivity index (χ4v) is 3.06. The Morgan fingerprint density at radius 1 is 1.12 bits per heavy atom. The predicted octanol–water partition coefficient (Wildman–Crippen LogP) is 4.04. The first-order valence-electron chi connectivity index (χ1n) is 8.59. The molecular weight excluding hydrogens is 316 g/mol. The molecule has 0 unspecified atom stereocenters. The standard InChI is InChI=1S/C20H24N2O3/c1-15(23)21-17-6-5-7-18(13-17)25-19-9-8-16(12-20(19)24-2)14-22-10-3-4-11-22/h5-9,12-13H,3-4,10-11,14H2,1-2H3,(H,21,23). The third kappa shape index (κ3) is 4.73. The molecule has 1 N–H and O–H groups in total. The van der Waals surface area contributed by atoms with Crippen LogP contribution in [0.15, 0.2) is 42.5 Å². The van der Waals surface area contributed by atoms with Gasteiger partial charge in [-0.1, -0.05) is 12.1 Å². The number of hydrogen-bond acceptors (Lipinski definition) is 4. The van der Waals surface area contributed by atoms with Crippen LogP contribution >= 0.6 is 0 Å². The number of ether oxygens (including phenoxy) is 2. The van der Waals surface area contributed by atoms with Crippen LogP contribution in [0.25, 0.3) is 0 Å². The van der Waals surface area contributed by atoms with E-state index in [4.69, 9.17) is 9.47 Å². The van der Waals surface area contributed by atoms with Crippen molar-refractivity contribution in [3.63, 3.8) is 0 Å². The third-order valence-electron chi connectivity index (χ3n) is 4.22. The number of hydrogen-bond donors (Lipinski definition) is 1. The smallest absolute Gasteiger partial charge is 0.221 e. The summed E-state index contributed by atoms with van der Waals surface area (Å²) in [6.45, 7) is 4.75. The average Bonchev–Trinajstić information content (AvgIpc) is 3.09. The molecular formula is C20H24N2O3. The normalized spacial score (nSPS) is 14.3. The number of methoxy groups -OCH3 is 1. The molecule has 1 fully saturated rings. The van der Waals surface area contributed by atoms with Crippen molar-refractivity contribution in [1.82, 2.24) is 4.90 Å². The summed E-state index contributed by atoms with van der Waals surface area (Å²) in [6, 6.07) is 13.4. The van der Waals surface area contributed by atoms with Crippen molar-refractivity contribution in [3.05, 3.63) is 48.0 Å². The molecule has 0 radical (unpaired) electrons. The molecule has 0 spiro atoms. The Labute approximate surface area is 148 Å². The van der Waals surface area contributed by atoms with Gasteiger partial charge in [0.2, 0.25) is 5.91 Å². The summed E-state index contributed by atoms with van der Waals surface area (Å²) in [5.41, 5.74) is 1.92. The summed E-state index contributed by atoms with van der Waals surface area (Å²) in [4.78, 5) is 13.6. The van der Waals surface area contributed by atoms with Crippen LogP contribution in [0.3, 0.4) is 0 Å². The molecule has 1 saturated heterocycles. The number of nitrogens with zero attached hydrogens (tertiary/aromatic N) is 1. The Bertz CT molecular complexity index is 739. The first-order chi connectivity index (χ1) is 12.1. The van der Waals surface area contributed by atoms with Crippen molar-refractivity contribution in [1.29, 1.82) is 0 Å². The Balaban J connectivity index is 1.74. The maximum Gasteiger partial charge on any atom is 0.221 e. The summed E-state index contributed by atoms with van der Waals surface area (Å²) in [7, 11) is 1.65. The van der Waals surface area contributed by atoms with Crippen LogP contribution in [0.5, 0.6) is 17.2 Å². The van der Waals surface area contributed by atoms with Gasteiger partial charge in [-0.2, -0.15) is 0 Å². The van der Waals surface area contributed by atoms with Gasteiger partial charge in [0, 0.05) is 25.2 Å². The lowest BCUT2D eigenvalue weighted by molar-refractivity contribution is -0.114. The monoisotopic (exact) mass is 340 g/mol. The second-order valence-corrected chi connectivity index (χ2v) is 6.28. The maximum absolute atomic E-state index is 11.2. The lowest BCUT2D eigenvalue weighted by Crippen LogP contribution is -2.18. The zero-order valence-corrected chi connectivity index (χ0v) is 14.7. The van der Waals surface area contributed by atoms with E-state index in [2.05, 4.69) is 16.3 Å². The van der Waals surface area contributed by atoms with Crippen LogP contribution in [0.2, 0.25) is 0 Å². The van der Waals surface area contributed by atoms with Gasteiger partial charge < -0.3 is 14.8 Å². The van der Waals surface area contributed by atoms with Crippen molar-refractivity contribution < 1.29 is 14.3 Å². The summed E-state index contributed by atoms with van der Waals surface area (Å²) >= 11 is 0. The summed E-state index contributed by atoms with van der Waals surface area (Å²) in [5.74, 6) is 1.91. The van der Waals surface area contributed by atoms with Crippen LogP contribution in [0.1, 0.15) is 25.3 Å². The summed E-state index contributed by atoms with van der Waals surface area (Å²) in [5, 5.41) is 2.75. The molecule has 0 bridgehead atoms. The summed E-state index contributed by atoms with van der Waals surface area (Å²) in [6.07, 6.45) is 2.56. The van der Waals surface area contributed by atoms with E-state index in [0.717, 1.165) is 19.6 Å². The summed E-state index contributed by atoms with van der Waals surface area (Å²) < 4.78 is 11.5. The second kappa shape index (κ2) is 8.03. The quantitative estimate of drug-likeness (QED) is 0.862. The van der Waals surface area contributed by atoms with Crippen molar-refractivity contribution in [2.24, 2.45) is 0 Å². The molecule has 0 atom stereocenters. The van der Waals surface area contributed by atoms with Gasteiger partial charge >= 0.3 is 0 Å². The fraction of sp³-hybridized carbons (Fsp3) is 0.350. The molecule has 0 aliphatic carbocycles. The van der Waals surface area contributed by atoms with E-state index in [1.54, 1.807) is 13.2 Å². The Hall–Kier alpha value is -2.53. The highest BCUT2D eigenvalue weighted by atomic mass is 16.5. The molecule has 132 valence electrons. The second-order valence-electron chi connectivity index (χ2n) is 6.28. The predicted molar refractivity (Wildman–Crippen MR) is 98.3 cm³/mol. The molecule has 3 rings (SSSR count). The third-order valence-corrected chi connectivity index (χ3v) is 4.22. The minimum atomic E-state index is -0.110. The number of anilines is 1. The van der Waals surface area contributed by atoms with Gasteiger partial charge in [0.15, 0.2) is 11.5 Å². The van der Waals surface area contributed by atoms with E-state index in [1.807, 2.05) is 30.3 Å². The van der Waals surface area contributed by atoms with Crippen molar-refractivity contribution in [2.45, 2.75) is 26.3 Å². The van der Waals surface area contributed by atoms with E-state index in [9.17, 15) is 4.79 Å². The molecule has 5 heteroatoms. The SMILES string of the molecule is COc1cc(CN2CCCC2)ccc1Oc1cccc(NC(C)=O)c1. The van der Waals surface area contributed by atoms with Crippen molar-refractivity contribution in [2.75, 3.05) is 25.5 Å². The molecule has 0 saturated carbocycles. The van der Waals surface area contributed by atoms with Gasteiger partial charge in [-0.25, -0.2) is 0 Å². The van der Waals surface area contributed by atoms with E-state index in [0.29, 0.717) is 22.9 Å². The topological polar surface area (TPSA) is 50.8 Å². The highest BCUT2D eigenvalue weighted by Gasteiger charge is 2.14. The molecule has 1 aliphatic rings. The van der Waals surface area contributed by atoms with Crippen LogP contribution in [0.4, 0.5) is 5.69 Å². The Morgan fingerprint density at radius 2 is 1.92 bits per heavy atom. The zero-order valence-electron chi connectivity index (χ0n) is 14.7. The number of nitrogens with one attached hydrogen (secondary N) is 1. The average molecular weight is 340 g/mol. The van der Waals surface area contributed by atoms with Gasteiger partial charge in [-0.05, 0) is 55.8 Å². The molecule has 25 heavy (non-hydrogen) atoms. The van der Waals surface area contributed by atoms with Gasteiger partial charge in [0.1, 0.15) is 5.75 Å². The first kappa shape index (κ1) is 17.3. The van der Waals surface area contributed by atoms with E-state index in [1.165, 1.54) is 25.3 Å². The van der Waals surface area contributed by atoms with Crippen LogP contribution in [0, 0.1) is 0 Å². The highest BCUT2D eigenvalue weighted by Crippen LogP contribution is 2.33. The number of rotatable bonds is 6. The van der Waals surface area contributed by atoms with E-state index >= 15 is 0 Å². The highest BCUT2D eigenvalue weighted by molar-refractivity contribution is 5.88. The molecule has 5 nitrogen and oxygen atoms in total. The number of amides is 1. The fourth-order valence-electron chi connectivity index (χ4n) is 3.06. The largest absolute Gasteiger partial charge is 0.493 e. The lowest BCUT2D eigenvalue weighted by atomic mass is 10.2. The molecule has 1 amide bonds. The number of carbonyl (C=O) groups is 1. The number of benzene rings is 2. The van der Waals surface area contributed by atoms with Crippen LogP contribution < -0.4 is 14.8 Å². The minimum Gasteiger partial charge on any atom is -0.493 e. The van der Waals surface area contributed by atoms with E-state index < -0.39 is 0 Å². The molecule has 1 aliphatic heterocycles. The van der Waals surface area contributed by atoms with Crippen molar-refractivity contribution >= 4 is 11.6 Å². The van der Waals surface area contributed by atoms with Crippen molar-refractivity contribution in [3.8, 4) is 17.2 Å². The van der Waals surface area contributed by atoms with Gasteiger partial charge in [-0.15, -0.1) is 0 Å². The Kier molecular flexibility index (Phi) is 5.56. The molecule has 2 aromatic carbocycles. The molecule has 0 aromatic heterocycles. The zero-order chi connectivity index (χ0) is 17.6. The minimum absolute atomic E-state index is 0.110. The molecule has 1 heterocycles. The lowest BCUT2D eigenvalue weighted by Gasteiger charge is -2.17. The van der Waals surface area contributed by atoms with E-state index in [-0.39, 0.29) is 5.91 Å². The molecule has 2 aromatic rings. The Morgan fingerprint density at radius 3 is 2.64 bits per heavy atom. The first-order valence-corrected chi connectivity index (χ1v) is 8.59. The maximum atomic E-state index is 11.2. The van der Waals surface area contributed by atoms with Crippen LogP contribution in [-0.4, -0.2) is 31.0 Å². The van der Waals surface area contributed by atoms with Gasteiger partial charge in [0.25, 0.3) is 0 Å². The van der Waals surface area contributed by atoms with Gasteiger partial charge in [0.05, 0.1) is 7.11 Å².